The Hall–Kier alpha value is -3.02. The number of anilines is 2. The van der Waals surface area contributed by atoms with Crippen LogP contribution in [0.25, 0.3) is 0 Å². The lowest BCUT2D eigenvalue weighted by molar-refractivity contribution is 0.245. The number of hydrogen-bond acceptors (Lipinski definition) is 2. The van der Waals surface area contributed by atoms with Gasteiger partial charge in [0.1, 0.15) is 0 Å². The quantitative estimate of drug-likeness (QED) is 0.339. The van der Waals surface area contributed by atoms with Gasteiger partial charge < -0.3 is 21.3 Å². The van der Waals surface area contributed by atoms with E-state index in [1.807, 2.05) is 24.3 Å². The summed E-state index contributed by atoms with van der Waals surface area (Å²) in [5, 5.41) is 12.1. The molecule has 2 aromatic rings. The van der Waals surface area contributed by atoms with Crippen molar-refractivity contribution in [2.75, 3.05) is 23.7 Å². The van der Waals surface area contributed by atoms with Gasteiger partial charge >= 0.3 is 12.1 Å². The summed E-state index contributed by atoms with van der Waals surface area (Å²) in [6.07, 6.45) is 11.6. The summed E-state index contributed by atoms with van der Waals surface area (Å²) in [5.74, 6) is 4.78. The molecule has 0 heterocycles. The molecule has 6 atom stereocenters. The van der Waals surface area contributed by atoms with Gasteiger partial charge in [0.25, 0.3) is 0 Å². The average Bonchev–Trinajstić information content (AvgIpc) is 3.71. The smallest absolute Gasteiger partial charge is 0.319 e. The molecular weight excluding hydrogens is 460 g/mol. The SMILES string of the molecule is O=C(NC[C@@H]1C[C@H]2CC[C@H]1C2)Nc1ccc(Cc2ccc(NC(=O)NC[C@H]3C[C@H]4CC[C@H]3C4)cc2)cc1. The lowest BCUT2D eigenvalue weighted by Crippen LogP contribution is -2.34. The Morgan fingerprint density at radius 1 is 0.595 bits per heavy atom. The van der Waals surface area contributed by atoms with Gasteiger partial charge in [-0.15, -0.1) is 0 Å². The van der Waals surface area contributed by atoms with Crippen LogP contribution in [0.5, 0.6) is 0 Å². The molecule has 37 heavy (non-hydrogen) atoms. The first-order valence-electron chi connectivity index (χ1n) is 14.3. The second-order valence-corrected chi connectivity index (χ2v) is 12.1. The Kier molecular flexibility index (Phi) is 7.08. The first-order valence-corrected chi connectivity index (χ1v) is 14.3. The maximum Gasteiger partial charge on any atom is 0.319 e. The van der Waals surface area contributed by atoms with Crippen LogP contribution < -0.4 is 21.3 Å². The van der Waals surface area contributed by atoms with E-state index < -0.39 is 0 Å². The zero-order valence-electron chi connectivity index (χ0n) is 21.7. The molecule has 4 N–H and O–H groups in total. The normalized spacial score (nSPS) is 29.3. The van der Waals surface area contributed by atoms with Crippen LogP contribution in [-0.4, -0.2) is 25.2 Å². The molecule has 4 saturated carbocycles. The first-order chi connectivity index (χ1) is 18.1. The highest BCUT2D eigenvalue weighted by atomic mass is 16.2. The van der Waals surface area contributed by atoms with Crippen molar-refractivity contribution in [3.63, 3.8) is 0 Å². The minimum atomic E-state index is -0.113. The van der Waals surface area contributed by atoms with Crippen LogP contribution in [0.4, 0.5) is 21.0 Å². The molecule has 0 radical (unpaired) electrons. The predicted octanol–water partition coefficient (Wildman–Crippen LogP) is 6.39. The molecule has 0 aliphatic heterocycles. The van der Waals surface area contributed by atoms with Crippen LogP contribution in [-0.2, 0) is 6.42 Å². The van der Waals surface area contributed by atoms with Crippen molar-refractivity contribution in [3.05, 3.63) is 59.7 Å². The summed E-state index contributed by atoms with van der Waals surface area (Å²) in [6.45, 7) is 1.58. The van der Waals surface area contributed by atoms with E-state index in [2.05, 4.69) is 45.5 Å². The number of carbonyl (C=O) groups is 2. The molecule has 4 bridgehead atoms. The average molecular weight is 501 g/mol. The van der Waals surface area contributed by atoms with E-state index in [1.165, 1.54) is 62.5 Å². The molecule has 4 fully saturated rings. The van der Waals surface area contributed by atoms with Crippen LogP contribution in [0.2, 0.25) is 0 Å². The van der Waals surface area contributed by atoms with Crippen LogP contribution in [0.1, 0.15) is 62.5 Å². The zero-order valence-corrected chi connectivity index (χ0v) is 21.7. The Labute approximate surface area is 220 Å². The molecule has 6 nitrogen and oxygen atoms in total. The maximum absolute atomic E-state index is 12.3. The summed E-state index contributed by atoms with van der Waals surface area (Å²) in [5.41, 5.74) is 3.98. The predicted molar refractivity (Wildman–Crippen MR) is 148 cm³/mol. The van der Waals surface area contributed by atoms with Gasteiger partial charge in [0.05, 0.1) is 0 Å². The summed E-state index contributed by atoms with van der Waals surface area (Å²) >= 11 is 0. The van der Waals surface area contributed by atoms with Crippen molar-refractivity contribution >= 4 is 23.4 Å². The molecule has 6 heteroatoms. The third-order valence-corrected chi connectivity index (χ3v) is 9.65. The summed E-state index contributed by atoms with van der Waals surface area (Å²) < 4.78 is 0. The van der Waals surface area contributed by atoms with Gasteiger partial charge in [0.15, 0.2) is 0 Å². The fourth-order valence-electron chi connectivity index (χ4n) is 7.70. The topological polar surface area (TPSA) is 82.3 Å². The molecule has 0 unspecified atom stereocenters. The standard InChI is InChI=1S/C31H40N4O2/c36-30(32-18-26-16-22-1-7-24(26)14-22)34-28-9-3-20(4-10-28)13-21-5-11-29(12-6-21)35-31(37)33-19-27-17-23-2-8-25(27)15-23/h3-6,9-12,22-27H,1-2,7-8,13-19H2,(H2,32,34,36)(H2,33,35,37)/t22-,23-,24-,25-,26-,27+/m0/s1. The van der Waals surface area contributed by atoms with Gasteiger partial charge in [-0.05, 0) is 116 Å². The van der Waals surface area contributed by atoms with Gasteiger partial charge in [-0.1, -0.05) is 37.1 Å². The summed E-state index contributed by atoms with van der Waals surface area (Å²) in [7, 11) is 0. The Bertz CT molecular complexity index is 1010. The fourth-order valence-corrected chi connectivity index (χ4v) is 7.70. The van der Waals surface area contributed by atoms with Crippen molar-refractivity contribution in [2.45, 2.75) is 57.8 Å². The number of fused-ring (bicyclic) bond motifs is 4. The molecule has 6 rings (SSSR count). The first kappa shape index (κ1) is 24.3. The van der Waals surface area contributed by atoms with E-state index >= 15 is 0 Å². The minimum Gasteiger partial charge on any atom is -0.338 e. The highest BCUT2D eigenvalue weighted by Gasteiger charge is 2.40. The Morgan fingerprint density at radius 3 is 1.38 bits per heavy atom. The molecule has 0 spiro atoms. The number of urea groups is 2. The molecular formula is C31H40N4O2. The van der Waals surface area contributed by atoms with E-state index in [0.717, 1.165) is 54.6 Å². The van der Waals surface area contributed by atoms with Crippen molar-refractivity contribution in [1.29, 1.82) is 0 Å². The number of rotatable bonds is 8. The van der Waals surface area contributed by atoms with E-state index in [9.17, 15) is 9.59 Å². The zero-order chi connectivity index (χ0) is 25.2. The number of amides is 4. The molecule has 4 aliphatic rings. The summed E-state index contributed by atoms with van der Waals surface area (Å²) in [4.78, 5) is 24.7. The van der Waals surface area contributed by atoms with Gasteiger partial charge in [0.2, 0.25) is 0 Å². The van der Waals surface area contributed by atoms with Crippen LogP contribution in [0, 0.1) is 35.5 Å². The Balaban J connectivity index is 0.917. The van der Waals surface area contributed by atoms with Crippen molar-refractivity contribution in [3.8, 4) is 0 Å². The molecule has 0 saturated heterocycles. The van der Waals surface area contributed by atoms with Crippen molar-refractivity contribution in [1.82, 2.24) is 10.6 Å². The second-order valence-electron chi connectivity index (χ2n) is 12.1. The maximum atomic E-state index is 12.3. The fraction of sp³-hybridized carbons (Fsp3) is 0.548. The number of hydrogen-bond donors (Lipinski definition) is 4. The molecule has 0 aromatic heterocycles. The van der Waals surface area contributed by atoms with Crippen LogP contribution in [0.15, 0.2) is 48.5 Å². The highest BCUT2D eigenvalue weighted by Crippen LogP contribution is 2.48. The third kappa shape index (κ3) is 5.94. The highest BCUT2D eigenvalue weighted by molar-refractivity contribution is 5.89. The van der Waals surface area contributed by atoms with Crippen molar-refractivity contribution in [2.24, 2.45) is 35.5 Å². The molecule has 2 aromatic carbocycles. The van der Waals surface area contributed by atoms with E-state index in [0.29, 0.717) is 11.8 Å². The largest absolute Gasteiger partial charge is 0.338 e. The summed E-state index contributed by atoms with van der Waals surface area (Å²) in [6, 6.07) is 15.8. The number of benzene rings is 2. The van der Waals surface area contributed by atoms with Crippen molar-refractivity contribution < 1.29 is 9.59 Å². The third-order valence-electron chi connectivity index (χ3n) is 9.65. The van der Waals surface area contributed by atoms with E-state index in [4.69, 9.17) is 0 Å². The number of carbonyl (C=O) groups excluding carboxylic acids is 2. The van der Waals surface area contributed by atoms with Gasteiger partial charge in [-0.25, -0.2) is 9.59 Å². The number of nitrogens with one attached hydrogen (secondary N) is 4. The molecule has 196 valence electrons. The van der Waals surface area contributed by atoms with Gasteiger partial charge in [-0.2, -0.15) is 0 Å². The lowest BCUT2D eigenvalue weighted by Gasteiger charge is -2.21. The Morgan fingerprint density at radius 2 is 1.03 bits per heavy atom. The van der Waals surface area contributed by atoms with E-state index in [-0.39, 0.29) is 12.1 Å². The lowest BCUT2D eigenvalue weighted by atomic mass is 9.89. The van der Waals surface area contributed by atoms with Gasteiger partial charge in [-0.3, -0.25) is 0 Å². The minimum absolute atomic E-state index is 0.113. The van der Waals surface area contributed by atoms with Gasteiger partial charge in [0, 0.05) is 24.5 Å². The van der Waals surface area contributed by atoms with Crippen LogP contribution in [0.3, 0.4) is 0 Å². The molecule has 4 aliphatic carbocycles. The monoisotopic (exact) mass is 500 g/mol. The van der Waals surface area contributed by atoms with Crippen LogP contribution >= 0.6 is 0 Å². The second kappa shape index (κ2) is 10.8. The molecule has 4 amide bonds. The van der Waals surface area contributed by atoms with E-state index in [1.54, 1.807) is 0 Å².